The maximum Gasteiger partial charge on any atom is 0.107 e. The summed E-state index contributed by atoms with van der Waals surface area (Å²) in [5.74, 6) is 0. The van der Waals surface area contributed by atoms with Gasteiger partial charge in [-0.25, -0.2) is 0 Å². The lowest BCUT2D eigenvalue weighted by atomic mass is 10.2. The molecule has 1 aliphatic carbocycles. The van der Waals surface area contributed by atoms with Crippen molar-refractivity contribution in [2.45, 2.75) is 32.4 Å². The molecule has 94 valence electrons. The van der Waals surface area contributed by atoms with Gasteiger partial charge in [-0.15, -0.1) is 0 Å². The average molecular weight is 254 g/mol. The summed E-state index contributed by atoms with van der Waals surface area (Å²) in [5, 5.41) is 3.01. The average Bonchev–Trinajstić information content (AvgIpc) is 2.88. The summed E-state index contributed by atoms with van der Waals surface area (Å²) in [4.78, 5) is 0. The summed E-state index contributed by atoms with van der Waals surface area (Å²) in [6.07, 6.45) is 5.80. The molecule has 0 unspecified atom stereocenters. The van der Waals surface area contributed by atoms with Gasteiger partial charge in [0.1, 0.15) is 8.07 Å². The molecule has 1 aliphatic rings. The molecule has 0 fully saturated rings. The molecule has 18 heavy (non-hydrogen) atoms. The molecule has 0 N–H and O–H groups in total. The first kappa shape index (κ1) is 13.1. The quantitative estimate of drug-likeness (QED) is 0.652. The van der Waals surface area contributed by atoms with Crippen LogP contribution in [0.1, 0.15) is 24.8 Å². The van der Waals surface area contributed by atoms with Gasteiger partial charge in [-0.2, -0.15) is 0 Å². The summed E-state index contributed by atoms with van der Waals surface area (Å²) >= 11 is 0. The second-order valence-corrected chi connectivity index (χ2v) is 9.99. The molecule has 1 heteroatoms. The van der Waals surface area contributed by atoms with Crippen LogP contribution in [0.5, 0.6) is 0 Å². The van der Waals surface area contributed by atoms with Crippen LogP contribution in [0.25, 0.3) is 5.20 Å². The molecule has 1 aromatic carbocycles. The minimum Gasteiger partial charge on any atom is -0.0988 e. The number of hydrogen-bond donors (Lipinski definition) is 0. The number of allylic oxidation sites excluding steroid dienone is 3. The highest BCUT2D eigenvalue weighted by Crippen LogP contribution is 2.39. The van der Waals surface area contributed by atoms with Gasteiger partial charge in [-0.3, -0.25) is 0 Å². The Morgan fingerprint density at radius 3 is 2.44 bits per heavy atom. The van der Waals surface area contributed by atoms with Crippen LogP contribution in [0.2, 0.25) is 13.1 Å². The zero-order valence-corrected chi connectivity index (χ0v) is 12.5. The fraction of sp³-hybridized carbons (Fsp3) is 0.294. The molecule has 1 aromatic rings. The molecule has 2 rings (SSSR count). The van der Waals surface area contributed by atoms with Crippen LogP contribution in [-0.2, 0) is 0 Å². The third kappa shape index (κ3) is 2.28. The SMILES string of the molecule is C=CC1=C([Si](C)(C)C(=C)c2ccccc2)CCC1. The Hall–Kier alpha value is -1.34. The predicted octanol–water partition coefficient (Wildman–Crippen LogP) is 5.15. The monoisotopic (exact) mass is 254 g/mol. The van der Waals surface area contributed by atoms with Crippen LogP contribution in [-0.4, -0.2) is 8.07 Å². The van der Waals surface area contributed by atoms with Crippen molar-refractivity contribution in [3.63, 3.8) is 0 Å². The van der Waals surface area contributed by atoms with E-state index in [1.165, 1.54) is 35.6 Å². The fourth-order valence-electron chi connectivity index (χ4n) is 2.89. The van der Waals surface area contributed by atoms with Gasteiger partial charge < -0.3 is 0 Å². The summed E-state index contributed by atoms with van der Waals surface area (Å²) in [7, 11) is -1.58. The van der Waals surface area contributed by atoms with Crippen LogP contribution < -0.4 is 0 Å². The summed E-state index contributed by atoms with van der Waals surface area (Å²) in [6.45, 7) is 13.2. The van der Waals surface area contributed by atoms with E-state index in [-0.39, 0.29) is 0 Å². The second kappa shape index (κ2) is 5.11. The first-order valence-electron chi connectivity index (χ1n) is 6.67. The van der Waals surface area contributed by atoms with E-state index in [0.717, 1.165) is 0 Å². The van der Waals surface area contributed by atoms with E-state index in [2.05, 4.69) is 62.7 Å². The number of rotatable bonds is 4. The molecule has 0 aromatic heterocycles. The third-order valence-corrected chi connectivity index (χ3v) is 8.02. The molecular formula is C17H22Si. The highest BCUT2D eigenvalue weighted by molar-refractivity contribution is 7.00. The lowest BCUT2D eigenvalue weighted by Gasteiger charge is -2.28. The smallest absolute Gasteiger partial charge is 0.0988 e. The largest absolute Gasteiger partial charge is 0.107 e. The van der Waals surface area contributed by atoms with Gasteiger partial charge in [0.2, 0.25) is 0 Å². The van der Waals surface area contributed by atoms with Crippen molar-refractivity contribution in [2.24, 2.45) is 0 Å². The standard InChI is InChI=1S/C17H22Si/c1-5-15-12-9-13-17(15)18(3,4)14(2)16-10-7-6-8-11-16/h5-8,10-11H,1-2,9,12-13H2,3-4H3. The minimum absolute atomic E-state index is 1.21. The lowest BCUT2D eigenvalue weighted by Crippen LogP contribution is -2.31. The molecule has 0 amide bonds. The molecule has 0 bridgehead atoms. The first-order valence-corrected chi connectivity index (χ1v) is 9.67. The summed E-state index contributed by atoms with van der Waals surface area (Å²) in [5.41, 5.74) is 2.79. The van der Waals surface area contributed by atoms with Crippen LogP contribution in [0.3, 0.4) is 0 Å². The molecular weight excluding hydrogens is 232 g/mol. The minimum atomic E-state index is -1.58. The third-order valence-electron chi connectivity index (χ3n) is 4.14. The van der Waals surface area contributed by atoms with Crippen molar-refractivity contribution in [1.29, 1.82) is 0 Å². The van der Waals surface area contributed by atoms with Crippen molar-refractivity contribution >= 4 is 13.3 Å². The lowest BCUT2D eigenvalue weighted by molar-refractivity contribution is 0.910. The van der Waals surface area contributed by atoms with E-state index in [9.17, 15) is 0 Å². The molecule has 0 aliphatic heterocycles. The molecule has 0 radical (unpaired) electrons. The predicted molar refractivity (Wildman–Crippen MR) is 84.0 cm³/mol. The summed E-state index contributed by atoms with van der Waals surface area (Å²) in [6, 6.07) is 10.6. The summed E-state index contributed by atoms with van der Waals surface area (Å²) < 4.78 is 0. The second-order valence-electron chi connectivity index (χ2n) is 5.53. The molecule has 0 saturated carbocycles. The van der Waals surface area contributed by atoms with Gasteiger partial charge in [-0.05, 0) is 24.8 Å². The van der Waals surface area contributed by atoms with Crippen LogP contribution in [0, 0.1) is 0 Å². The van der Waals surface area contributed by atoms with Gasteiger partial charge in [-0.1, -0.05) is 78.6 Å². The molecule has 0 spiro atoms. The van der Waals surface area contributed by atoms with Gasteiger partial charge in [0.05, 0.1) is 0 Å². The van der Waals surface area contributed by atoms with Crippen molar-refractivity contribution < 1.29 is 0 Å². The normalized spacial score (nSPS) is 15.9. The fourth-order valence-corrected chi connectivity index (χ4v) is 5.97. The van der Waals surface area contributed by atoms with Gasteiger partial charge in [0.15, 0.2) is 0 Å². The molecule has 0 atom stereocenters. The Labute approximate surface area is 112 Å². The van der Waals surface area contributed by atoms with Crippen LogP contribution in [0.4, 0.5) is 0 Å². The van der Waals surface area contributed by atoms with Crippen molar-refractivity contribution in [2.75, 3.05) is 0 Å². The van der Waals surface area contributed by atoms with Crippen LogP contribution in [0.15, 0.2) is 60.3 Å². The Morgan fingerprint density at radius 1 is 1.17 bits per heavy atom. The van der Waals surface area contributed by atoms with E-state index in [1.54, 1.807) is 5.20 Å². The molecule has 0 heterocycles. The van der Waals surface area contributed by atoms with E-state index in [1.807, 2.05) is 0 Å². The van der Waals surface area contributed by atoms with Crippen molar-refractivity contribution in [3.8, 4) is 0 Å². The van der Waals surface area contributed by atoms with Gasteiger partial charge >= 0.3 is 0 Å². The highest BCUT2D eigenvalue weighted by atomic mass is 28.3. The van der Waals surface area contributed by atoms with Gasteiger partial charge in [0, 0.05) is 0 Å². The number of hydrogen-bond acceptors (Lipinski definition) is 0. The van der Waals surface area contributed by atoms with E-state index in [0.29, 0.717) is 0 Å². The van der Waals surface area contributed by atoms with E-state index < -0.39 is 8.07 Å². The zero-order chi connectivity index (χ0) is 13.2. The van der Waals surface area contributed by atoms with E-state index >= 15 is 0 Å². The topological polar surface area (TPSA) is 0 Å². The maximum absolute atomic E-state index is 4.40. The zero-order valence-electron chi connectivity index (χ0n) is 11.5. The van der Waals surface area contributed by atoms with Crippen molar-refractivity contribution in [3.05, 3.63) is 65.9 Å². The maximum atomic E-state index is 4.40. The number of benzene rings is 1. The van der Waals surface area contributed by atoms with Gasteiger partial charge in [0.25, 0.3) is 0 Å². The Morgan fingerprint density at radius 2 is 1.83 bits per heavy atom. The molecule has 0 saturated heterocycles. The van der Waals surface area contributed by atoms with Crippen molar-refractivity contribution in [1.82, 2.24) is 0 Å². The van der Waals surface area contributed by atoms with E-state index in [4.69, 9.17) is 0 Å². The highest BCUT2D eigenvalue weighted by Gasteiger charge is 2.33. The first-order chi connectivity index (χ1) is 8.57. The van der Waals surface area contributed by atoms with Crippen LogP contribution >= 0.6 is 0 Å². The Kier molecular flexibility index (Phi) is 3.72. The Balaban J connectivity index is 2.37. The molecule has 0 nitrogen and oxygen atoms in total. The Bertz CT molecular complexity index is 492.